The Hall–Kier alpha value is -4.74. The third-order valence-electron chi connectivity index (χ3n) is 8.94. The predicted molar refractivity (Wildman–Crippen MR) is 175 cm³/mol. The van der Waals surface area contributed by atoms with Gasteiger partial charge in [0.1, 0.15) is 17.3 Å². The van der Waals surface area contributed by atoms with E-state index in [4.69, 9.17) is 10.8 Å². The number of hydrogen-bond acceptors (Lipinski definition) is 6. The summed E-state index contributed by atoms with van der Waals surface area (Å²) in [5.41, 5.74) is 8.90. The van der Waals surface area contributed by atoms with E-state index in [-0.39, 0.29) is 23.3 Å². The minimum atomic E-state index is -4.55. The highest BCUT2D eigenvalue weighted by molar-refractivity contribution is 6.06. The number of nitrogen functional groups attached to an aromatic ring is 1. The third-order valence-corrected chi connectivity index (χ3v) is 8.94. The fourth-order valence-corrected chi connectivity index (χ4v) is 6.44. The Labute approximate surface area is 271 Å². The van der Waals surface area contributed by atoms with Gasteiger partial charge in [-0.3, -0.25) is 14.3 Å². The molecule has 5 heterocycles. The summed E-state index contributed by atoms with van der Waals surface area (Å²) in [4.78, 5) is 36.4. The molecule has 0 unspecified atom stereocenters. The van der Waals surface area contributed by atoms with Gasteiger partial charge >= 0.3 is 6.18 Å². The number of hydrogen-bond donors (Lipinski definition) is 2. The Morgan fingerprint density at radius 3 is 2.53 bits per heavy atom. The largest absolute Gasteiger partial charge is 0.416 e. The van der Waals surface area contributed by atoms with E-state index in [1.165, 1.54) is 6.42 Å². The molecule has 246 valence electrons. The molecule has 47 heavy (non-hydrogen) atoms. The molecule has 3 N–H and O–H groups in total. The number of amides is 2. The minimum absolute atomic E-state index is 0.0569. The van der Waals surface area contributed by atoms with Crippen molar-refractivity contribution in [3.63, 3.8) is 0 Å². The zero-order valence-corrected chi connectivity index (χ0v) is 26.1. The molecular formula is C35H38F3N7O2. The number of carbonyl (C=O) groups excluding carboxylic acids is 2. The molecule has 3 aromatic heterocycles. The summed E-state index contributed by atoms with van der Waals surface area (Å²) < 4.78 is 41.4. The van der Waals surface area contributed by atoms with Crippen LogP contribution in [0.1, 0.15) is 91.7 Å². The van der Waals surface area contributed by atoms with Crippen LogP contribution < -0.4 is 11.1 Å². The smallest absolute Gasteiger partial charge is 0.383 e. The van der Waals surface area contributed by atoms with Gasteiger partial charge in [-0.1, -0.05) is 50.0 Å². The fourth-order valence-electron chi connectivity index (χ4n) is 6.44. The number of fused-ring (bicyclic) bond motifs is 3. The van der Waals surface area contributed by atoms with Crippen LogP contribution in [-0.2, 0) is 11.0 Å². The van der Waals surface area contributed by atoms with E-state index in [0.29, 0.717) is 35.4 Å². The van der Waals surface area contributed by atoms with Crippen molar-refractivity contribution >= 4 is 40.4 Å². The van der Waals surface area contributed by atoms with Gasteiger partial charge in [-0.15, -0.1) is 0 Å². The van der Waals surface area contributed by atoms with Gasteiger partial charge in [-0.25, -0.2) is 9.97 Å². The summed E-state index contributed by atoms with van der Waals surface area (Å²) in [5, 5.41) is 8.23. The van der Waals surface area contributed by atoms with Crippen LogP contribution in [0.3, 0.4) is 0 Å². The number of benzene rings is 1. The number of carbonyl (C=O) groups is 2. The topological polar surface area (TPSA) is 119 Å². The number of pyridine rings is 2. The highest BCUT2D eigenvalue weighted by atomic mass is 19.4. The fraction of sp³-hybridized carbons (Fsp3) is 0.400. The van der Waals surface area contributed by atoms with Crippen molar-refractivity contribution in [1.29, 1.82) is 0 Å². The van der Waals surface area contributed by atoms with Crippen molar-refractivity contribution in [2.75, 3.05) is 24.1 Å². The number of halogens is 3. The maximum atomic E-state index is 13.2. The molecule has 1 aromatic carbocycles. The van der Waals surface area contributed by atoms with Crippen LogP contribution in [0, 0.1) is 0 Å². The van der Waals surface area contributed by atoms with E-state index in [0.717, 1.165) is 87.3 Å². The summed E-state index contributed by atoms with van der Waals surface area (Å²) in [5.74, 6) is -0.286. The first-order chi connectivity index (χ1) is 22.7. The molecule has 2 bridgehead atoms. The average molecular weight is 646 g/mol. The van der Waals surface area contributed by atoms with E-state index in [9.17, 15) is 22.8 Å². The van der Waals surface area contributed by atoms with Crippen LogP contribution in [0.2, 0.25) is 0 Å². The second-order valence-electron chi connectivity index (χ2n) is 12.3. The summed E-state index contributed by atoms with van der Waals surface area (Å²) >= 11 is 0. The van der Waals surface area contributed by atoms with Crippen LogP contribution in [-0.4, -0.2) is 49.6 Å². The van der Waals surface area contributed by atoms with E-state index >= 15 is 0 Å². The molecule has 4 aromatic rings. The highest BCUT2D eigenvalue weighted by Crippen LogP contribution is 2.37. The van der Waals surface area contributed by atoms with Crippen LogP contribution in [0.4, 0.5) is 24.8 Å². The lowest BCUT2D eigenvalue weighted by Crippen LogP contribution is -2.40. The number of anilines is 2. The van der Waals surface area contributed by atoms with Gasteiger partial charge in [-0.05, 0) is 56.4 Å². The first-order valence-electron chi connectivity index (χ1n) is 16.2. The molecule has 1 atom stereocenters. The predicted octanol–water partition coefficient (Wildman–Crippen LogP) is 7.66. The second kappa shape index (κ2) is 13.9. The number of allylic oxidation sites excluding steroid dienone is 1. The number of nitrogens with two attached hydrogens (primary N) is 1. The molecule has 0 spiro atoms. The van der Waals surface area contributed by atoms with Gasteiger partial charge in [0.2, 0.25) is 5.91 Å². The molecule has 0 radical (unpaired) electrons. The number of nitrogens with zero attached hydrogens (tertiary/aromatic N) is 5. The van der Waals surface area contributed by atoms with Crippen LogP contribution in [0.5, 0.6) is 0 Å². The molecule has 1 saturated heterocycles. The highest BCUT2D eigenvalue weighted by Gasteiger charge is 2.31. The van der Waals surface area contributed by atoms with Gasteiger partial charge in [0, 0.05) is 48.6 Å². The van der Waals surface area contributed by atoms with Crippen LogP contribution in [0.25, 0.3) is 28.2 Å². The van der Waals surface area contributed by atoms with Crippen LogP contribution >= 0.6 is 0 Å². The zero-order chi connectivity index (χ0) is 33.0. The summed E-state index contributed by atoms with van der Waals surface area (Å²) in [7, 11) is 0. The van der Waals surface area contributed by atoms with Gasteiger partial charge in [0.15, 0.2) is 0 Å². The van der Waals surface area contributed by atoms with Gasteiger partial charge < -0.3 is 16.0 Å². The third kappa shape index (κ3) is 7.31. The van der Waals surface area contributed by atoms with Crippen molar-refractivity contribution in [3.8, 4) is 11.3 Å². The monoisotopic (exact) mass is 645 g/mol. The number of piperidine rings is 1. The maximum Gasteiger partial charge on any atom is 0.416 e. The van der Waals surface area contributed by atoms with Crippen molar-refractivity contribution in [1.82, 2.24) is 24.6 Å². The summed E-state index contributed by atoms with van der Waals surface area (Å²) in [6.45, 7) is 1.29. The molecule has 2 aliphatic rings. The van der Waals surface area contributed by atoms with Gasteiger partial charge in [-0.2, -0.15) is 18.3 Å². The quantitative estimate of drug-likeness (QED) is 0.236. The van der Waals surface area contributed by atoms with Gasteiger partial charge in [0.25, 0.3) is 5.91 Å². The number of aromatic nitrogens is 4. The summed E-state index contributed by atoms with van der Waals surface area (Å²) in [6, 6.07) is 8.22. The lowest BCUT2D eigenvalue weighted by molar-refractivity contribution is -0.137. The Morgan fingerprint density at radius 1 is 0.979 bits per heavy atom. The molecule has 0 aliphatic carbocycles. The standard InChI is InChI=1S/C35H38F3N7O2/c36-35(37,38)26-17-18-40-28(20-26)42-34(47)24-15-13-23(14-16-24)31-30-32-25(21-41-33(30)39)10-7-5-3-1-2-4-6-8-12-29(46)44-19-9-11-27(22-44)45(32)43-31/h7,10,13-18,20-21,27H,1-6,8-9,11-12,19,22H2,(H2,39,41)(H,40,42,47)/b10-7+/t27-/m1/s1. The Balaban J connectivity index is 1.35. The normalized spacial score (nSPS) is 18.9. The van der Waals surface area contributed by atoms with Crippen molar-refractivity contribution in [3.05, 3.63) is 71.6 Å². The minimum Gasteiger partial charge on any atom is -0.383 e. The number of alkyl halides is 3. The number of nitrogens with one attached hydrogen (secondary N) is 1. The molecular weight excluding hydrogens is 607 g/mol. The van der Waals surface area contributed by atoms with E-state index < -0.39 is 17.6 Å². The summed E-state index contributed by atoms with van der Waals surface area (Å²) in [6.07, 6.45) is 12.2. The van der Waals surface area contributed by atoms with Gasteiger partial charge in [0.05, 0.1) is 22.5 Å². The first-order valence-corrected chi connectivity index (χ1v) is 16.2. The second-order valence-corrected chi connectivity index (χ2v) is 12.3. The molecule has 2 aliphatic heterocycles. The average Bonchev–Trinajstić information content (AvgIpc) is 3.48. The Kier molecular flexibility index (Phi) is 9.55. The number of rotatable bonds is 3. The van der Waals surface area contributed by atoms with Crippen molar-refractivity contribution in [2.24, 2.45) is 0 Å². The van der Waals surface area contributed by atoms with Crippen molar-refractivity contribution in [2.45, 2.75) is 76.4 Å². The molecule has 12 heteroatoms. The Bertz CT molecular complexity index is 1780. The SMILES string of the molecule is Nc1ncc2c3c1c(-c1ccc(C(=O)Nc4cc(C(F)(F)F)ccn4)cc1)nn3[C@@H]1CCCN(C1)C(=O)CCCCCCCC/C=C/2. The Morgan fingerprint density at radius 2 is 1.74 bits per heavy atom. The van der Waals surface area contributed by atoms with E-state index in [1.54, 1.807) is 30.5 Å². The maximum absolute atomic E-state index is 13.2. The molecule has 0 saturated carbocycles. The lowest BCUT2D eigenvalue weighted by atomic mass is 10.0. The first kappa shape index (κ1) is 32.2. The molecule has 1 fully saturated rings. The van der Waals surface area contributed by atoms with E-state index in [1.807, 2.05) is 9.58 Å². The molecule has 6 rings (SSSR count). The van der Waals surface area contributed by atoms with E-state index in [2.05, 4.69) is 27.4 Å². The molecule has 2 amide bonds. The lowest BCUT2D eigenvalue weighted by Gasteiger charge is -2.33. The zero-order valence-electron chi connectivity index (χ0n) is 26.1. The van der Waals surface area contributed by atoms with Crippen LogP contribution in [0.15, 0.2) is 54.9 Å². The van der Waals surface area contributed by atoms with Crippen molar-refractivity contribution < 1.29 is 22.8 Å². The molecule has 9 nitrogen and oxygen atoms in total.